The lowest BCUT2D eigenvalue weighted by atomic mass is 10.1. The van der Waals surface area contributed by atoms with Crippen LogP contribution in [0.4, 0.5) is 0 Å². The highest BCUT2D eigenvalue weighted by atomic mass is 32.1. The lowest BCUT2D eigenvalue weighted by Crippen LogP contribution is -2.25. The number of hydrogen-bond donors (Lipinski definition) is 1. The number of benzene rings is 1. The van der Waals surface area contributed by atoms with Gasteiger partial charge in [0, 0.05) is 22.4 Å². The van der Waals surface area contributed by atoms with E-state index in [9.17, 15) is 4.79 Å². The fourth-order valence-electron chi connectivity index (χ4n) is 2.81. The molecule has 1 amide bonds. The second-order valence-electron chi connectivity index (χ2n) is 6.00. The van der Waals surface area contributed by atoms with Crippen LogP contribution in [0.1, 0.15) is 26.7 Å². The predicted molar refractivity (Wildman–Crippen MR) is 99.3 cm³/mol. The monoisotopic (exact) mass is 367 g/mol. The standard InChI is InChI=1S/C19H17N3O3S/c1-11-8-10-26-15(11)7-9-20-17(23)19-22-21-18(25-19)16-12(2)13-5-3-4-6-14(13)24-16/h3-6,8,10H,7,9H2,1-2H3,(H,20,23). The number of para-hydroxylation sites is 1. The average molecular weight is 367 g/mol. The van der Waals surface area contributed by atoms with E-state index in [4.69, 9.17) is 8.83 Å². The molecule has 0 atom stereocenters. The third kappa shape index (κ3) is 3.01. The quantitative estimate of drug-likeness (QED) is 0.573. The van der Waals surface area contributed by atoms with E-state index in [0.717, 1.165) is 23.0 Å². The minimum absolute atomic E-state index is 0.0669. The van der Waals surface area contributed by atoms with Crippen molar-refractivity contribution >= 4 is 28.2 Å². The molecule has 6 nitrogen and oxygen atoms in total. The first-order valence-electron chi connectivity index (χ1n) is 8.26. The maximum atomic E-state index is 12.2. The first-order valence-corrected chi connectivity index (χ1v) is 9.14. The Bertz CT molecular complexity index is 1080. The maximum Gasteiger partial charge on any atom is 0.308 e. The molecule has 0 bridgehead atoms. The van der Waals surface area contributed by atoms with Crippen LogP contribution < -0.4 is 5.32 Å². The molecule has 132 valence electrons. The molecule has 0 unspecified atom stereocenters. The largest absolute Gasteiger partial charge is 0.451 e. The summed E-state index contributed by atoms with van der Waals surface area (Å²) in [6.07, 6.45) is 0.777. The molecule has 0 radical (unpaired) electrons. The van der Waals surface area contributed by atoms with Gasteiger partial charge in [-0.3, -0.25) is 4.79 Å². The molecule has 1 N–H and O–H groups in total. The molecule has 26 heavy (non-hydrogen) atoms. The summed E-state index contributed by atoms with van der Waals surface area (Å²) < 4.78 is 11.3. The smallest absolute Gasteiger partial charge is 0.308 e. The molecule has 0 aliphatic carbocycles. The van der Waals surface area contributed by atoms with Gasteiger partial charge in [0.05, 0.1) is 0 Å². The third-order valence-electron chi connectivity index (χ3n) is 4.26. The molecule has 0 saturated carbocycles. The molecule has 0 aliphatic heterocycles. The van der Waals surface area contributed by atoms with Crippen LogP contribution in [0.25, 0.3) is 22.6 Å². The fraction of sp³-hybridized carbons (Fsp3) is 0.211. The first-order chi connectivity index (χ1) is 12.6. The van der Waals surface area contributed by atoms with Crippen molar-refractivity contribution in [2.24, 2.45) is 0 Å². The molecule has 3 heterocycles. The average Bonchev–Trinajstić information content (AvgIpc) is 3.35. The summed E-state index contributed by atoms with van der Waals surface area (Å²) in [5.74, 6) is 0.249. The molecule has 4 aromatic rings. The van der Waals surface area contributed by atoms with Gasteiger partial charge in [0.1, 0.15) is 5.58 Å². The fourth-order valence-corrected chi connectivity index (χ4v) is 3.72. The molecule has 0 spiro atoms. The Balaban J connectivity index is 1.47. The van der Waals surface area contributed by atoms with Gasteiger partial charge in [-0.25, -0.2) is 0 Å². The molecule has 0 aliphatic rings. The molecule has 7 heteroatoms. The van der Waals surface area contributed by atoms with Crippen LogP contribution in [0.15, 0.2) is 44.5 Å². The molecule has 4 rings (SSSR count). The van der Waals surface area contributed by atoms with Crippen molar-refractivity contribution in [3.8, 4) is 11.7 Å². The van der Waals surface area contributed by atoms with Crippen LogP contribution in [0, 0.1) is 13.8 Å². The van der Waals surface area contributed by atoms with Crippen molar-refractivity contribution < 1.29 is 13.6 Å². The summed E-state index contributed by atoms with van der Waals surface area (Å²) in [6, 6.07) is 9.76. The Morgan fingerprint density at radius 2 is 2.00 bits per heavy atom. The lowest BCUT2D eigenvalue weighted by molar-refractivity contribution is 0.0920. The van der Waals surface area contributed by atoms with Crippen molar-refractivity contribution in [2.75, 3.05) is 6.54 Å². The Kier molecular flexibility index (Phi) is 4.30. The van der Waals surface area contributed by atoms with Gasteiger partial charge in [-0.1, -0.05) is 18.2 Å². The van der Waals surface area contributed by atoms with E-state index < -0.39 is 0 Å². The van der Waals surface area contributed by atoms with E-state index in [-0.39, 0.29) is 17.7 Å². The molecular formula is C19H17N3O3S. The number of nitrogens with zero attached hydrogens (tertiary/aromatic N) is 2. The third-order valence-corrected chi connectivity index (χ3v) is 5.35. The molecule has 3 aromatic heterocycles. The summed E-state index contributed by atoms with van der Waals surface area (Å²) in [7, 11) is 0. The molecule has 0 fully saturated rings. The SMILES string of the molecule is Cc1ccsc1CCNC(=O)c1nnc(-c2oc3ccccc3c2C)o1. The van der Waals surface area contributed by atoms with Gasteiger partial charge in [-0.2, -0.15) is 0 Å². The number of thiophene rings is 1. The van der Waals surface area contributed by atoms with Gasteiger partial charge < -0.3 is 14.2 Å². The van der Waals surface area contributed by atoms with Gasteiger partial charge in [0.25, 0.3) is 5.89 Å². The predicted octanol–water partition coefficient (Wildman–Crippen LogP) is 4.13. The topological polar surface area (TPSA) is 81.2 Å². The van der Waals surface area contributed by atoms with Crippen molar-refractivity contribution in [2.45, 2.75) is 20.3 Å². The highest BCUT2D eigenvalue weighted by Crippen LogP contribution is 2.31. The Morgan fingerprint density at radius 3 is 2.77 bits per heavy atom. The minimum Gasteiger partial charge on any atom is -0.451 e. The second-order valence-corrected chi connectivity index (χ2v) is 7.00. The highest BCUT2D eigenvalue weighted by Gasteiger charge is 2.21. The Morgan fingerprint density at radius 1 is 1.15 bits per heavy atom. The van der Waals surface area contributed by atoms with Crippen LogP contribution >= 0.6 is 11.3 Å². The number of nitrogens with one attached hydrogen (secondary N) is 1. The lowest BCUT2D eigenvalue weighted by Gasteiger charge is -2.01. The van der Waals surface area contributed by atoms with E-state index in [1.807, 2.05) is 36.6 Å². The van der Waals surface area contributed by atoms with Crippen LogP contribution in [0.5, 0.6) is 0 Å². The number of aromatic nitrogens is 2. The number of carbonyl (C=O) groups is 1. The van der Waals surface area contributed by atoms with Crippen LogP contribution in [0.3, 0.4) is 0 Å². The van der Waals surface area contributed by atoms with E-state index in [1.165, 1.54) is 10.4 Å². The molecular weight excluding hydrogens is 350 g/mol. The zero-order valence-electron chi connectivity index (χ0n) is 14.4. The van der Waals surface area contributed by atoms with Gasteiger partial charge in [-0.05, 0) is 43.3 Å². The van der Waals surface area contributed by atoms with E-state index in [0.29, 0.717) is 12.3 Å². The summed E-state index contributed by atoms with van der Waals surface area (Å²) in [5, 5.41) is 13.7. The van der Waals surface area contributed by atoms with Crippen molar-refractivity contribution in [1.82, 2.24) is 15.5 Å². The number of aryl methyl sites for hydroxylation is 2. The van der Waals surface area contributed by atoms with Gasteiger partial charge in [-0.15, -0.1) is 21.5 Å². The van der Waals surface area contributed by atoms with E-state index in [1.54, 1.807) is 11.3 Å². The first kappa shape index (κ1) is 16.5. The number of furan rings is 1. The Labute approximate surface area is 153 Å². The minimum atomic E-state index is -0.383. The van der Waals surface area contributed by atoms with Crippen LogP contribution in [0.2, 0.25) is 0 Å². The highest BCUT2D eigenvalue weighted by molar-refractivity contribution is 7.10. The molecule has 0 saturated heterocycles. The zero-order valence-corrected chi connectivity index (χ0v) is 15.2. The van der Waals surface area contributed by atoms with E-state index >= 15 is 0 Å². The number of hydrogen-bond acceptors (Lipinski definition) is 6. The van der Waals surface area contributed by atoms with Crippen molar-refractivity contribution in [3.63, 3.8) is 0 Å². The van der Waals surface area contributed by atoms with Crippen LogP contribution in [-0.4, -0.2) is 22.6 Å². The number of carbonyl (C=O) groups excluding carboxylic acids is 1. The number of rotatable bonds is 5. The van der Waals surface area contributed by atoms with Gasteiger partial charge >= 0.3 is 11.8 Å². The van der Waals surface area contributed by atoms with Gasteiger partial charge in [0.2, 0.25) is 0 Å². The number of fused-ring (bicyclic) bond motifs is 1. The summed E-state index contributed by atoms with van der Waals surface area (Å²) in [4.78, 5) is 13.5. The van der Waals surface area contributed by atoms with Gasteiger partial charge in [0.15, 0.2) is 5.76 Å². The second kappa shape index (κ2) is 6.76. The maximum absolute atomic E-state index is 12.2. The van der Waals surface area contributed by atoms with Crippen molar-refractivity contribution in [1.29, 1.82) is 0 Å². The van der Waals surface area contributed by atoms with E-state index in [2.05, 4.69) is 28.5 Å². The number of amides is 1. The summed E-state index contributed by atoms with van der Waals surface area (Å²) in [5.41, 5.74) is 2.89. The zero-order chi connectivity index (χ0) is 18.1. The normalized spacial score (nSPS) is 11.2. The van der Waals surface area contributed by atoms with Crippen molar-refractivity contribution in [3.05, 3.63) is 57.6 Å². The summed E-state index contributed by atoms with van der Waals surface area (Å²) in [6.45, 7) is 4.50. The van der Waals surface area contributed by atoms with Crippen LogP contribution in [-0.2, 0) is 6.42 Å². The summed E-state index contributed by atoms with van der Waals surface area (Å²) >= 11 is 1.69. The molecule has 1 aromatic carbocycles. The Hall–Kier alpha value is -2.93.